The molecule has 0 spiro atoms. The number of carboxylic acid groups (broad SMARTS) is 3. The van der Waals surface area contributed by atoms with Gasteiger partial charge in [-0.15, -0.1) is 0 Å². The van der Waals surface area contributed by atoms with Gasteiger partial charge in [-0.1, -0.05) is 0 Å². The van der Waals surface area contributed by atoms with Gasteiger partial charge in [0.05, 0.1) is 63.4 Å². The van der Waals surface area contributed by atoms with Gasteiger partial charge in [0.1, 0.15) is 37.9 Å². The maximum Gasteiger partial charge on any atom is 0.108 e. The summed E-state index contributed by atoms with van der Waals surface area (Å²) in [4.78, 5) is 30.1. The van der Waals surface area contributed by atoms with Crippen molar-refractivity contribution < 1.29 is 58.5 Å². The molecule has 0 aliphatic rings. The van der Waals surface area contributed by atoms with Gasteiger partial charge in [0.2, 0.25) is 0 Å². The number of carbonyl (C=O) groups is 3. The molecule has 3 N–H and O–H groups in total. The number of quaternary nitrogens is 3. The summed E-state index contributed by atoms with van der Waals surface area (Å²) < 4.78 is 1.65. The number of rotatable bonds is 12. The Bertz CT molecular complexity index is 498. The molecule has 0 heterocycles. The van der Waals surface area contributed by atoms with Gasteiger partial charge in [0.15, 0.2) is 0 Å². The SMILES string of the molecule is C[N+](C)(C)C[C@H](O)CC(=O)[O-].C[N+](C)(C)C[C@H](O)CC(=O)[O-].C[N+](C)(C)C[C@H](O)CC(=O)[O-]. The lowest BCUT2D eigenvalue weighted by Crippen LogP contribution is -2.43. The minimum atomic E-state index is -1.20. The first-order chi connectivity index (χ1) is 14.4. The van der Waals surface area contributed by atoms with Crippen LogP contribution in [0.15, 0.2) is 0 Å². The molecule has 0 aromatic heterocycles. The second-order valence-corrected chi connectivity index (χ2v) is 11.1. The van der Waals surface area contributed by atoms with E-state index in [1.54, 1.807) is 0 Å². The van der Waals surface area contributed by atoms with Crippen molar-refractivity contribution in [3.63, 3.8) is 0 Å². The molecule has 0 aromatic carbocycles. The quantitative estimate of drug-likeness (QED) is 0.228. The fourth-order valence-corrected chi connectivity index (χ4v) is 2.67. The van der Waals surface area contributed by atoms with Crippen LogP contribution in [0.5, 0.6) is 0 Å². The van der Waals surface area contributed by atoms with Gasteiger partial charge in [-0.3, -0.25) is 0 Å². The maximum atomic E-state index is 10.0. The fourth-order valence-electron chi connectivity index (χ4n) is 2.67. The van der Waals surface area contributed by atoms with E-state index in [4.69, 9.17) is 15.3 Å². The van der Waals surface area contributed by atoms with E-state index >= 15 is 0 Å². The largest absolute Gasteiger partial charge is 0.550 e. The van der Waals surface area contributed by atoms with Crippen LogP contribution in [0.2, 0.25) is 0 Å². The standard InChI is InChI=1S/3C7H15NO3/c3*1-8(2,3)5-6(9)4-7(10)11/h3*6,9H,4-5H2,1-3H3/t3*6-/m111/s1. The number of aliphatic carboxylic acids is 3. The minimum absolute atomic E-state index is 0.282. The highest BCUT2D eigenvalue weighted by molar-refractivity contribution is 5.65. The molecule has 0 aromatic rings. The van der Waals surface area contributed by atoms with Gasteiger partial charge in [0.25, 0.3) is 0 Å². The van der Waals surface area contributed by atoms with E-state index in [0.29, 0.717) is 33.1 Å². The van der Waals surface area contributed by atoms with Crippen LogP contribution in [0, 0.1) is 0 Å². The van der Waals surface area contributed by atoms with E-state index in [1.807, 2.05) is 63.4 Å². The molecule has 0 unspecified atom stereocenters. The third-order valence-corrected chi connectivity index (χ3v) is 3.48. The molecular formula is C21H45N3O9. The lowest BCUT2D eigenvalue weighted by Gasteiger charge is -2.26. The van der Waals surface area contributed by atoms with Crippen molar-refractivity contribution in [1.82, 2.24) is 0 Å². The summed E-state index contributed by atoms with van der Waals surface area (Å²) in [5.41, 5.74) is 0. The average Bonchev–Trinajstić information content (AvgIpc) is 2.38. The van der Waals surface area contributed by atoms with Crippen LogP contribution >= 0.6 is 0 Å². The molecule has 0 aliphatic heterocycles. The van der Waals surface area contributed by atoms with Crippen molar-refractivity contribution in [3.8, 4) is 0 Å². The second kappa shape index (κ2) is 15.9. The zero-order valence-corrected chi connectivity index (χ0v) is 21.6. The number of hydrogen-bond donors (Lipinski definition) is 3. The van der Waals surface area contributed by atoms with E-state index in [1.165, 1.54) is 0 Å². The van der Waals surface area contributed by atoms with Crippen LogP contribution in [0.4, 0.5) is 0 Å². The van der Waals surface area contributed by atoms with Crippen LogP contribution in [0.3, 0.4) is 0 Å². The Labute approximate surface area is 197 Å². The molecule has 198 valence electrons. The summed E-state index contributed by atoms with van der Waals surface area (Å²) in [7, 11) is 17.0. The first kappa shape index (κ1) is 35.8. The Morgan fingerprint density at radius 1 is 0.515 bits per heavy atom. The topological polar surface area (TPSA) is 181 Å². The summed E-state index contributed by atoms with van der Waals surface area (Å²) in [5.74, 6) is -3.61. The van der Waals surface area contributed by atoms with E-state index in [2.05, 4.69) is 0 Å². The maximum absolute atomic E-state index is 10.0. The van der Waals surface area contributed by atoms with E-state index in [0.717, 1.165) is 0 Å². The highest BCUT2D eigenvalue weighted by Crippen LogP contribution is 1.99. The van der Waals surface area contributed by atoms with Gasteiger partial charge in [0, 0.05) is 37.2 Å². The number of hydrogen-bond acceptors (Lipinski definition) is 9. The van der Waals surface area contributed by atoms with Crippen molar-refractivity contribution in [1.29, 1.82) is 0 Å². The molecule has 3 atom stereocenters. The minimum Gasteiger partial charge on any atom is -0.550 e. The molecule has 0 aliphatic carbocycles. The Morgan fingerprint density at radius 3 is 0.758 bits per heavy atom. The monoisotopic (exact) mass is 483 g/mol. The van der Waals surface area contributed by atoms with Crippen LogP contribution in [-0.4, -0.2) is 148 Å². The van der Waals surface area contributed by atoms with Crippen molar-refractivity contribution >= 4 is 17.9 Å². The van der Waals surface area contributed by atoms with Gasteiger partial charge in [-0.25, -0.2) is 0 Å². The molecule has 0 saturated carbocycles. The van der Waals surface area contributed by atoms with Gasteiger partial charge >= 0.3 is 0 Å². The Hall–Kier alpha value is -1.83. The van der Waals surface area contributed by atoms with E-state index in [-0.39, 0.29) is 19.3 Å². The number of carboxylic acids is 3. The summed E-state index contributed by atoms with van der Waals surface area (Å²) >= 11 is 0. The van der Waals surface area contributed by atoms with Crippen LogP contribution < -0.4 is 15.3 Å². The predicted molar refractivity (Wildman–Crippen MR) is 116 cm³/mol. The zero-order valence-electron chi connectivity index (χ0n) is 21.6. The molecule has 12 heteroatoms. The van der Waals surface area contributed by atoms with Crippen molar-refractivity contribution in [3.05, 3.63) is 0 Å². The predicted octanol–water partition coefficient (Wildman–Crippen LogP) is -5.42. The molecule has 0 amide bonds. The molecule has 0 bridgehead atoms. The normalized spacial score (nSPS) is 14.5. The number of aliphatic hydroxyl groups excluding tert-OH is 3. The number of carbonyl (C=O) groups excluding carboxylic acids is 3. The fraction of sp³-hybridized carbons (Fsp3) is 0.857. The second-order valence-electron chi connectivity index (χ2n) is 11.1. The van der Waals surface area contributed by atoms with Crippen molar-refractivity contribution in [2.75, 3.05) is 83.1 Å². The molecule has 33 heavy (non-hydrogen) atoms. The third kappa shape index (κ3) is 37.8. The number of nitrogens with zero attached hydrogens (tertiary/aromatic N) is 3. The summed E-state index contributed by atoms with van der Waals surface area (Å²) in [6, 6.07) is 0. The molecule has 0 fully saturated rings. The smallest absolute Gasteiger partial charge is 0.108 e. The Kier molecular flexibility index (Phi) is 17.2. The highest BCUT2D eigenvalue weighted by atomic mass is 16.4. The number of likely N-dealkylation sites (N-methyl/N-ethyl adjacent to an activating group) is 3. The van der Waals surface area contributed by atoms with Crippen LogP contribution in [-0.2, 0) is 14.4 Å². The van der Waals surface area contributed by atoms with E-state index in [9.17, 15) is 29.7 Å². The third-order valence-electron chi connectivity index (χ3n) is 3.48. The number of aliphatic hydroxyl groups is 3. The Balaban J connectivity index is -0.000000409. The van der Waals surface area contributed by atoms with Gasteiger partial charge in [-0.2, -0.15) is 0 Å². The first-order valence-corrected chi connectivity index (χ1v) is 10.5. The molecule has 12 nitrogen and oxygen atoms in total. The summed E-state index contributed by atoms with van der Waals surface area (Å²) in [6.07, 6.45) is -3.26. The molecule has 0 radical (unpaired) electrons. The average molecular weight is 484 g/mol. The lowest BCUT2D eigenvalue weighted by molar-refractivity contribution is -0.873. The first-order valence-electron chi connectivity index (χ1n) is 10.5. The Morgan fingerprint density at radius 2 is 0.667 bits per heavy atom. The molecule has 0 saturated heterocycles. The summed E-state index contributed by atoms with van der Waals surface area (Å²) in [5, 5.41) is 57.4. The summed E-state index contributed by atoms with van der Waals surface area (Å²) in [6.45, 7) is 1.27. The van der Waals surface area contributed by atoms with Crippen LogP contribution in [0.25, 0.3) is 0 Å². The lowest BCUT2D eigenvalue weighted by atomic mass is 10.2. The highest BCUT2D eigenvalue weighted by Gasteiger charge is 2.16. The van der Waals surface area contributed by atoms with Gasteiger partial charge in [-0.05, 0) is 0 Å². The van der Waals surface area contributed by atoms with Gasteiger partial charge < -0.3 is 58.5 Å². The van der Waals surface area contributed by atoms with Crippen molar-refractivity contribution in [2.24, 2.45) is 0 Å². The van der Waals surface area contributed by atoms with Crippen LogP contribution in [0.1, 0.15) is 19.3 Å². The molecule has 0 rings (SSSR count). The van der Waals surface area contributed by atoms with E-state index < -0.39 is 36.2 Å². The van der Waals surface area contributed by atoms with Crippen molar-refractivity contribution in [2.45, 2.75) is 37.6 Å². The molecular weight excluding hydrogens is 438 g/mol. The zero-order chi connectivity index (χ0) is 27.2.